The summed E-state index contributed by atoms with van der Waals surface area (Å²) in [7, 11) is 0. The van der Waals surface area contributed by atoms with Gasteiger partial charge in [0, 0.05) is 24.4 Å². The minimum absolute atomic E-state index is 0.132. The van der Waals surface area contributed by atoms with Crippen LogP contribution >= 0.6 is 0 Å². The van der Waals surface area contributed by atoms with E-state index in [4.69, 9.17) is 5.11 Å². The third-order valence-electron chi connectivity index (χ3n) is 1.98. The van der Waals surface area contributed by atoms with Crippen molar-refractivity contribution in [1.29, 1.82) is 0 Å². The van der Waals surface area contributed by atoms with E-state index < -0.39 is 5.97 Å². The fourth-order valence-electron chi connectivity index (χ4n) is 1.15. The normalized spacial score (nSPS) is 11.1. The molecule has 0 aliphatic carbocycles. The molecule has 0 fully saturated rings. The Labute approximate surface area is 88.6 Å². The van der Waals surface area contributed by atoms with Gasteiger partial charge in [0.1, 0.15) is 0 Å². The smallest absolute Gasteiger partial charge is 0.303 e. The van der Waals surface area contributed by atoms with E-state index in [1.54, 1.807) is 18.5 Å². The summed E-state index contributed by atoms with van der Waals surface area (Å²) < 4.78 is 0. The van der Waals surface area contributed by atoms with Crippen LogP contribution in [0.2, 0.25) is 0 Å². The van der Waals surface area contributed by atoms with E-state index in [1.165, 1.54) is 0 Å². The number of aromatic nitrogens is 2. The van der Waals surface area contributed by atoms with Crippen molar-refractivity contribution >= 4 is 11.9 Å². The first-order valence-electron chi connectivity index (χ1n) is 4.77. The van der Waals surface area contributed by atoms with E-state index in [-0.39, 0.29) is 12.0 Å². The van der Waals surface area contributed by atoms with Crippen LogP contribution in [0.25, 0.3) is 0 Å². The molecule has 0 amide bonds. The van der Waals surface area contributed by atoms with Gasteiger partial charge in [-0.15, -0.1) is 0 Å². The van der Waals surface area contributed by atoms with E-state index in [1.807, 2.05) is 13.8 Å². The maximum Gasteiger partial charge on any atom is 0.303 e. The van der Waals surface area contributed by atoms with E-state index in [0.29, 0.717) is 12.4 Å². The summed E-state index contributed by atoms with van der Waals surface area (Å²) in [6, 6.07) is 1.73. The number of carboxylic acids is 1. The highest BCUT2D eigenvalue weighted by Gasteiger charge is 2.19. The number of rotatable bonds is 5. The molecule has 82 valence electrons. The Kier molecular flexibility index (Phi) is 3.60. The quantitative estimate of drug-likeness (QED) is 0.769. The van der Waals surface area contributed by atoms with Crippen molar-refractivity contribution in [3.05, 3.63) is 18.5 Å². The summed E-state index contributed by atoms with van der Waals surface area (Å²) in [5.74, 6) is -0.272. The van der Waals surface area contributed by atoms with Crippen molar-refractivity contribution in [2.45, 2.75) is 32.2 Å². The molecule has 0 unspecified atom stereocenters. The molecule has 1 heterocycles. The molecule has 0 aliphatic heterocycles. The Morgan fingerprint density at radius 3 is 2.60 bits per heavy atom. The van der Waals surface area contributed by atoms with Crippen LogP contribution in [-0.4, -0.2) is 26.6 Å². The molecule has 5 heteroatoms. The van der Waals surface area contributed by atoms with Gasteiger partial charge in [-0.2, -0.15) is 0 Å². The van der Waals surface area contributed by atoms with E-state index in [9.17, 15) is 4.79 Å². The lowest BCUT2D eigenvalue weighted by Gasteiger charge is -2.25. The van der Waals surface area contributed by atoms with Crippen molar-refractivity contribution in [2.24, 2.45) is 0 Å². The van der Waals surface area contributed by atoms with E-state index in [0.717, 1.165) is 0 Å². The number of carbonyl (C=O) groups is 1. The number of carboxylic acid groups (broad SMARTS) is 1. The molecular formula is C10H15N3O2. The lowest BCUT2D eigenvalue weighted by molar-refractivity contribution is -0.137. The molecule has 1 aromatic rings. The Hall–Kier alpha value is -1.65. The molecule has 0 bridgehead atoms. The molecule has 0 aromatic carbocycles. The fraction of sp³-hybridized carbons (Fsp3) is 0.500. The summed E-state index contributed by atoms with van der Waals surface area (Å²) in [6.07, 6.45) is 3.94. The standard InChI is InChI=1S/C10H15N3O2/c1-10(2,5-4-8(14)15)13-9-11-6-3-7-12-9/h3,6-7H,4-5H2,1-2H3,(H,14,15)(H,11,12,13). The molecule has 5 nitrogen and oxygen atoms in total. The second-order valence-electron chi connectivity index (χ2n) is 3.98. The lowest BCUT2D eigenvalue weighted by Crippen LogP contribution is -2.32. The van der Waals surface area contributed by atoms with Gasteiger partial charge in [0.25, 0.3) is 0 Å². The first kappa shape index (κ1) is 11.4. The zero-order valence-electron chi connectivity index (χ0n) is 8.90. The molecule has 0 atom stereocenters. The van der Waals surface area contributed by atoms with Crippen LogP contribution in [0.15, 0.2) is 18.5 Å². The zero-order chi connectivity index (χ0) is 11.3. The van der Waals surface area contributed by atoms with Gasteiger partial charge in [0.15, 0.2) is 0 Å². The van der Waals surface area contributed by atoms with Gasteiger partial charge in [-0.3, -0.25) is 4.79 Å². The van der Waals surface area contributed by atoms with Gasteiger partial charge in [-0.05, 0) is 26.3 Å². The minimum Gasteiger partial charge on any atom is -0.481 e. The molecular weight excluding hydrogens is 194 g/mol. The topological polar surface area (TPSA) is 75.1 Å². The minimum atomic E-state index is -0.793. The summed E-state index contributed by atoms with van der Waals surface area (Å²) in [4.78, 5) is 18.5. The monoisotopic (exact) mass is 209 g/mol. The second kappa shape index (κ2) is 4.72. The lowest BCUT2D eigenvalue weighted by atomic mass is 9.99. The Balaban J connectivity index is 2.52. The van der Waals surface area contributed by atoms with Gasteiger partial charge < -0.3 is 10.4 Å². The Morgan fingerprint density at radius 1 is 1.47 bits per heavy atom. The van der Waals surface area contributed by atoms with Crippen molar-refractivity contribution in [3.8, 4) is 0 Å². The molecule has 0 radical (unpaired) electrons. The zero-order valence-corrected chi connectivity index (χ0v) is 8.90. The number of nitrogens with zero attached hydrogens (tertiary/aromatic N) is 2. The number of hydrogen-bond acceptors (Lipinski definition) is 4. The van der Waals surface area contributed by atoms with Crippen molar-refractivity contribution < 1.29 is 9.90 Å². The molecule has 15 heavy (non-hydrogen) atoms. The fourth-order valence-corrected chi connectivity index (χ4v) is 1.15. The van der Waals surface area contributed by atoms with Crippen LogP contribution in [-0.2, 0) is 4.79 Å². The molecule has 0 saturated carbocycles. The van der Waals surface area contributed by atoms with Crippen LogP contribution in [0, 0.1) is 0 Å². The first-order chi connectivity index (χ1) is 6.99. The second-order valence-corrected chi connectivity index (χ2v) is 3.98. The van der Waals surface area contributed by atoms with Crippen LogP contribution < -0.4 is 5.32 Å². The molecule has 1 aromatic heterocycles. The highest BCUT2D eigenvalue weighted by Crippen LogP contribution is 2.16. The van der Waals surface area contributed by atoms with Crippen LogP contribution in [0.5, 0.6) is 0 Å². The van der Waals surface area contributed by atoms with Crippen LogP contribution in [0.3, 0.4) is 0 Å². The van der Waals surface area contributed by atoms with Gasteiger partial charge in [0.05, 0.1) is 0 Å². The number of anilines is 1. The third-order valence-corrected chi connectivity index (χ3v) is 1.98. The van der Waals surface area contributed by atoms with Crippen LogP contribution in [0.4, 0.5) is 5.95 Å². The van der Waals surface area contributed by atoms with Gasteiger partial charge in [-0.1, -0.05) is 0 Å². The van der Waals surface area contributed by atoms with Crippen molar-refractivity contribution in [2.75, 3.05) is 5.32 Å². The number of nitrogens with one attached hydrogen (secondary N) is 1. The largest absolute Gasteiger partial charge is 0.481 e. The van der Waals surface area contributed by atoms with Gasteiger partial charge in [0.2, 0.25) is 5.95 Å². The molecule has 1 rings (SSSR count). The summed E-state index contributed by atoms with van der Waals surface area (Å²) >= 11 is 0. The van der Waals surface area contributed by atoms with Crippen molar-refractivity contribution in [1.82, 2.24) is 9.97 Å². The van der Waals surface area contributed by atoms with Gasteiger partial charge in [-0.25, -0.2) is 9.97 Å². The number of hydrogen-bond donors (Lipinski definition) is 2. The summed E-state index contributed by atoms with van der Waals surface area (Å²) in [6.45, 7) is 3.85. The summed E-state index contributed by atoms with van der Waals surface area (Å²) in [5, 5.41) is 11.7. The summed E-state index contributed by atoms with van der Waals surface area (Å²) in [5.41, 5.74) is -0.320. The average molecular weight is 209 g/mol. The van der Waals surface area contributed by atoms with Crippen LogP contribution in [0.1, 0.15) is 26.7 Å². The average Bonchev–Trinajstić information content (AvgIpc) is 2.16. The third kappa shape index (κ3) is 4.39. The first-order valence-corrected chi connectivity index (χ1v) is 4.77. The molecule has 0 spiro atoms. The highest BCUT2D eigenvalue weighted by molar-refractivity contribution is 5.66. The Bertz CT molecular complexity index is 325. The van der Waals surface area contributed by atoms with Gasteiger partial charge >= 0.3 is 5.97 Å². The van der Waals surface area contributed by atoms with Crippen molar-refractivity contribution in [3.63, 3.8) is 0 Å². The predicted octanol–water partition coefficient (Wildman–Crippen LogP) is 1.53. The maximum absolute atomic E-state index is 10.4. The highest BCUT2D eigenvalue weighted by atomic mass is 16.4. The maximum atomic E-state index is 10.4. The molecule has 0 saturated heterocycles. The molecule has 0 aliphatic rings. The predicted molar refractivity (Wildman–Crippen MR) is 56.6 cm³/mol. The SMILES string of the molecule is CC(C)(CCC(=O)O)Nc1ncccn1. The van der Waals surface area contributed by atoms with E-state index >= 15 is 0 Å². The van der Waals surface area contributed by atoms with E-state index in [2.05, 4.69) is 15.3 Å². The Morgan fingerprint density at radius 2 is 2.07 bits per heavy atom. The number of aliphatic carboxylic acids is 1. The molecule has 2 N–H and O–H groups in total.